The van der Waals surface area contributed by atoms with Crippen molar-refractivity contribution < 1.29 is 9.53 Å². The summed E-state index contributed by atoms with van der Waals surface area (Å²) in [6.07, 6.45) is 5.22. The Kier molecular flexibility index (Phi) is 4.58. The third-order valence-electron chi connectivity index (χ3n) is 3.41. The van der Waals surface area contributed by atoms with Crippen molar-refractivity contribution in [1.29, 1.82) is 0 Å². The van der Waals surface area contributed by atoms with Crippen molar-refractivity contribution in [1.82, 2.24) is 15.1 Å². The minimum Gasteiger partial charge on any atom is -0.372 e. The van der Waals surface area contributed by atoms with Gasteiger partial charge in [0.1, 0.15) is 6.61 Å². The highest BCUT2D eigenvalue weighted by atomic mass is 16.5. The monoisotopic (exact) mass is 265 g/mol. The molecule has 1 heterocycles. The van der Waals surface area contributed by atoms with Crippen LogP contribution in [0.4, 0.5) is 0 Å². The normalized spacial score (nSPS) is 18.4. The topological polar surface area (TPSA) is 56.1 Å². The fourth-order valence-corrected chi connectivity index (χ4v) is 2.40. The van der Waals surface area contributed by atoms with Gasteiger partial charge in [-0.2, -0.15) is 5.10 Å². The van der Waals surface area contributed by atoms with Crippen molar-refractivity contribution in [3.63, 3.8) is 0 Å². The number of ether oxygens (including phenoxy) is 1. The highest BCUT2D eigenvalue weighted by Crippen LogP contribution is 2.29. The quantitative estimate of drug-likeness (QED) is 0.886. The zero-order chi connectivity index (χ0) is 13.8. The van der Waals surface area contributed by atoms with E-state index in [2.05, 4.69) is 30.5 Å². The molecule has 1 amide bonds. The second kappa shape index (κ2) is 6.19. The summed E-state index contributed by atoms with van der Waals surface area (Å²) in [6.45, 7) is 6.80. The predicted octanol–water partition coefficient (Wildman–Crippen LogP) is 1.99. The maximum atomic E-state index is 11.7. The molecule has 1 atom stereocenters. The molecule has 106 valence electrons. The molecule has 0 fully saturated rings. The predicted molar refractivity (Wildman–Crippen MR) is 72.9 cm³/mol. The Morgan fingerprint density at radius 1 is 1.63 bits per heavy atom. The van der Waals surface area contributed by atoms with Crippen LogP contribution in [-0.2, 0) is 16.0 Å². The summed E-state index contributed by atoms with van der Waals surface area (Å²) in [5, 5.41) is 7.65. The number of carbonyl (C=O) groups is 1. The molecule has 0 saturated carbocycles. The van der Waals surface area contributed by atoms with Gasteiger partial charge in [-0.05, 0) is 45.6 Å². The molecule has 0 spiro atoms. The van der Waals surface area contributed by atoms with Crippen LogP contribution in [0.5, 0.6) is 0 Å². The Labute approximate surface area is 114 Å². The van der Waals surface area contributed by atoms with Gasteiger partial charge in [-0.1, -0.05) is 0 Å². The van der Waals surface area contributed by atoms with E-state index in [9.17, 15) is 4.79 Å². The van der Waals surface area contributed by atoms with Crippen LogP contribution in [-0.4, -0.2) is 28.9 Å². The van der Waals surface area contributed by atoms with E-state index in [0.717, 1.165) is 25.0 Å². The number of aromatic nitrogens is 2. The third-order valence-corrected chi connectivity index (χ3v) is 3.41. The summed E-state index contributed by atoms with van der Waals surface area (Å²) < 4.78 is 7.11. The van der Waals surface area contributed by atoms with E-state index >= 15 is 0 Å². The number of amides is 1. The van der Waals surface area contributed by atoms with Gasteiger partial charge < -0.3 is 10.1 Å². The molecule has 19 heavy (non-hydrogen) atoms. The smallest absolute Gasteiger partial charge is 0.246 e. The first-order valence-electron chi connectivity index (χ1n) is 7.06. The van der Waals surface area contributed by atoms with Crippen molar-refractivity contribution in [3.05, 3.63) is 17.5 Å². The molecule has 5 heteroatoms. The van der Waals surface area contributed by atoms with Crippen molar-refractivity contribution in [3.8, 4) is 0 Å². The molecule has 0 aromatic carbocycles. The van der Waals surface area contributed by atoms with Gasteiger partial charge in [0.15, 0.2) is 0 Å². The lowest BCUT2D eigenvalue weighted by atomic mass is 9.94. The lowest BCUT2D eigenvalue weighted by molar-refractivity contribution is -0.126. The number of rotatable bonds is 5. The summed E-state index contributed by atoms with van der Waals surface area (Å²) >= 11 is 0. The van der Waals surface area contributed by atoms with E-state index in [1.165, 1.54) is 5.56 Å². The largest absolute Gasteiger partial charge is 0.372 e. The summed E-state index contributed by atoms with van der Waals surface area (Å²) in [7, 11) is 0. The number of nitrogens with one attached hydrogen (secondary N) is 1. The molecule has 1 N–H and O–H groups in total. The molecule has 0 radical (unpaired) electrons. The lowest BCUT2D eigenvalue weighted by Gasteiger charge is -2.22. The van der Waals surface area contributed by atoms with E-state index in [0.29, 0.717) is 12.6 Å². The Morgan fingerprint density at radius 3 is 3.11 bits per heavy atom. The van der Waals surface area contributed by atoms with Gasteiger partial charge in [0.25, 0.3) is 0 Å². The molecule has 2 rings (SSSR count). The van der Waals surface area contributed by atoms with E-state index in [4.69, 9.17) is 4.74 Å². The average Bonchev–Trinajstić information content (AvgIpc) is 2.81. The number of fused-ring (bicyclic) bond motifs is 1. The lowest BCUT2D eigenvalue weighted by Crippen LogP contribution is -2.33. The Morgan fingerprint density at radius 2 is 2.42 bits per heavy atom. The molecule has 5 nitrogen and oxygen atoms in total. The first-order valence-corrected chi connectivity index (χ1v) is 7.06. The molecule has 1 unspecified atom stereocenters. The molecule has 0 bridgehead atoms. The van der Waals surface area contributed by atoms with Crippen LogP contribution < -0.4 is 5.32 Å². The standard InChI is InChI=1S/C14H23N3O2/c1-4-19-9-13(18)15-12-7-5-6-11-8-17(10(2)3)16-14(11)12/h8,10,12H,4-7,9H2,1-3H3,(H,15,18). The highest BCUT2D eigenvalue weighted by Gasteiger charge is 2.25. The van der Waals surface area contributed by atoms with Gasteiger partial charge >= 0.3 is 0 Å². The van der Waals surface area contributed by atoms with Crippen LogP contribution in [0.15, 0.2) is 6.20 Å². The second-order valence-corrected chi connectivity index (χ2v) is 5.26. The summed E-state index contributed by atoms with van der Waals surface area (Å²) in [4.78, 5) is 11.7. The van der Waals surface area contributed by atoms with Crippen LogP contribution in [0.1, 0.15) is 57.0 Å². The second-order valence-electron chi connectivity index (χ2n) is 5.26. The number of hydrogen-bond acceptors (Lipinski definition) is 3. The van der Waals surface area contributed by atoms with Gasteiger partial charge in [0.05, 0.1) is 11.7 Å². The molecule has 1 aromatic rings. The fraction of sp³-hybridized carbons (Fsp3) is 0.714. The van der Waals surface area contributed by atoms with Gasteiger partial charge in [-0.3, -0.25) is 9.48 Å². The van der Waals surface area contributed by atoms with Crippen LogP contribution in [0.2, 0.25) is 0 Å². The van der Waals surface area contributed by atoms with Gasteiger partial charge in [-0.25, -0.2) is 0 Å². The van der Waals surface area contributed by atoms with Crippen molar-refractivity contribution in [2.75, 3.05) is 13.2 Å². The zero-order valence-electron chi connectivity index (χ0n) is 12.0. The van der Waals surface area contributed by atoms with Crippen LogP contribution >= 0.6 is 0 Å². The Balaban J connectivity index is 2.06. The summed E-state index contributed by atoms with van der Waals surface area (Å²) in [6, 6.07) is 0.391. The van der Waals surface area contributed by atoms with Gasteiger partial charge in [-0.15, -0.1) is 0 Å². The molecule has 0 saturated heterocycles. The van der Waals surface area contributed by atoms with E-state index in [1.54, 1.807) is 0 Å². The molecule has 1 aromatic heterocycles. The SMILES string of the molecule is CCOCC(=O)NC1CCCc2cn(C(C)C)nc21. The van der Waals surface area contributed by atoms with E-state index < -0.39 is 0 Å². The molecule has 0 aliphatic heterocycles. The minimum absolute atomic E-state index is 0.0386. The minimum atomic E-state index is -0.0567. The Hall–Kier alpha value is -1.36. The van der Waals surface area contributed by atoms with Crippen LogP contribution in [0, 0.1) is 0 Å². The summed E-state index contributed by atoms with van der Waals surface area (Å²) in [5.74, 6) is -0.0567. The molecular formula is C14H23N3O2. The molecular weight excluding hydrogens is 242 g/mol. The number of carbonyl (C=O) groups excluding carboxylic acids is 1. The van der Waals surface area contributed by atoms with Crippen molar-refractivity contribution in [2.45, 2.75) is 52.1 Å². The third kappa shape index (κ3) is 3.35. The zero-order valence-corrected chi connectivity index (χ0v) is 12.0. The molecule has 1 aliphatic carbocycles. The fourth-order valence-electron chi connectivity index (χ4n) is 2.40. The maximum absolute atomic E-state index is 11.7. The first kappa shape index (κ1) is 14.1. The number of hydrogen-bond donors (Lipinski definition) is 1. The van der Waals surface area contributed by atoms with E-state index in [-0.39, 0.29) is 18.6 Å². The van der Waals surface area contributed by atoms with E-state index in [1.807, 2.05) is 11.6 Å². The number of aryl methyl sites for hydroxylation is 1. The van der Waals surface area contributed by atoms with Crippen molar-refractivity contribution >= 4 is 5.91 Å². The van der Waals surface area contributed by atoms with Crippen molar-refractivity contribution in [2.24, 2.45) is 0 Å². The average molecular weight is 265 g/mol. The molecule has 1 aliphatic rings. The number of nitrogens with zero attached hydrogens (tertiary/aromatic N) is 2. The van der Waals surface area contributed by atoms with Crippen LogP contribution in [0.3, 0.4) is 0 Å². The van der Waals surface area contributed by atoms with Crippen LogP contribution in [0.25, 0.3) is 0 Å². The highest BCUT2D eigenvalue weighted by molar-refractivity contribution is 5.77. The van der Waals surface area contributed by atoms with Gasteiger partial charge in [0.2, 0.25) is 5.91 Å². The van der Waals surface area contributed by atoms with Gasteiger partial charge in [0, 0.05) is 18.8 Å². The first-order chi connectivity index (χ1) is 9.11. The Bertz CT molecular complexity index is 440. The maximum Gasteiger partial charge on any atom is 0.246 e. The summed E-state index contributed by atoms with van der Waals surface area (Å²) in [5.41, 5.74) is 2.30.